The largest absolute Gasteiger partial charge is 0.429 e. The number of hydrogen-bond donors (Lipinski definition) is 1. The van der Waals surface area contributed by atoms with Gasteiger partial charge >= 0.3 is 0 Å². The number of nitrogens with zero attached hydrogens (tertiary/aromatic N) is 1. The first-order valence-electron chi connectivity index (χ1n) is 2.16. The summed E-state index contributed by atoms with van der Waals surface area (Å²) in [5, 5.41) is 8.63. The first-order chi connectivity index (χ1) is 3.79. The van der Waals surface area contributed by atoms with Crippen molar-refractivity contribution in [2.75, 3.05) is 0 Å². The zero-order chi connectivity index (χ0) is 5.98. The van der Waals surface area contributed by atoms with Gasteiger partial charge in [-0.05, 0) is 12.1 Å². The molecule has 0 bridgehead atoms. The zero-order valence-corrected chi connectivity index (χ0v) is 4.93. The van der Waals surface area contributed by atoms with Crippen molar-refractivity contribution in [2.24, 2.45) is 0 Å². The highest BCUT2D eigenvalue weighted by Gasteiger charge is 1.75. The first kappa shape index (κ1) is 5.31. The van der Waals surface area contributed by atoms with E-state index in [1.807, 2.05) is 0 Å². The predicted octanol–water partition coefficient (Wildman–Crippen LogP) is 1.45. The molecule has 1 rings (SSSR count). The fraction of sp³-hybridized carbons (Fsp3) is 0. The van der Waals surface area contributed by atoms with Crippen molar-refractivity contribution in [3.8, 4) is 0 Å². The van der Waals surface area contributed by atoms with Gasteiger partial charge in [0.25, 0.3) is 0 Å². The topological polar surface area (TPSA) is 25.2 Å². The van der Waals surface area contributed by atoms with Crippen LogP contribution in [-0.4, -0.2) is 9.94 Å². The molecule has 0 atom stereocenters. The fourth-order valence-corrected chi connectivity index (χ4v) is 0.527. The van der Waals surface area contributed by atoms with Gasteiger partial charge in [-0.15, -0.1) is 0 Å². The average Bonchev–Trinajstić information content (AvgIpc) is 1.77. The molecule has 0 saturated heterocycles. The Bertz CT molecular complexity index is 210. The summed E-state index contributed by atoms with van der Waals surface area (Å²) in [5.74, 6) is 0. The Hall–Kier alpha value is -0.830. The minimum absolute atomic E-state index is 0.732. The molecule has 0 aliphatic rings. The molecule has 42 valence electrons. The molecule has 0 radical (unpaired) electrons. The molecule has 1 aromatic rings. The van der Waals surface area contributed by atoms with Gasteiger partial charge in [-0.1, -0.05) is 12.2 Å². The van der Waals surface area contributed by atoms with Crippen LogP contribution < -0.4 is 0 Å². The molecule has 1 aromatic heterocycles. The fourth-order valence-electron chi connectivity index (χ4n) is 0.405. The lowest BCUT2D eigenvalue weighted by Crippen LogP contribution is -1.86. The normalized spacial score (nSPS) is 9.00. The van der Waals surface area contributed by atoms with E-state index in [1.54, 1.807) is 12.1 Å². The van der Waals surface area contributed by atoms with Gasteiger partial charge in [0.05, 0.1) is 0 Å². The van der Waals surface area contributed by atoms with Crippen molar-refractivity contribution in [1.82, 2.24) is 4.73 Å². The molecule has 1 heterocycles. The summed E-state index contributed by atoms with van der Waals surface area (Å²) in [6, 6.07) is 3.30. The molecule has 8 heavy (non-hydrogen) atoms. The van der Waals surface area contributed by atoms with E-state index in [4.69, 9.17) is 17.4 Å². The van der Waals surface area contributed by atoms with E-state index in [9.17, 15) is 0 Å². The molecule has 0 aliphatic carbocycles. The van der Waals surface area contributed by atoms with Crippen LogP contribution >= 0.6 is 12.2 Å². The zero-order valence-electron chi connectivity index (χ0n) is 4.11. The number of hydrogen-bond acceptors (Lipinski definition) is 2. The number of rotatable bonds is 0. The molecular weight excluding hydrogens is 122 g/mol. The Labute approximate surface area is 52.0 Å². The summed E-state index contributed by atoms with van der Waals surface area (Å²) in [4.78, 5) is 0. The van der Waals surface area contributed by atoms with Crippen LogP contribution in [0, 0.1) is 4.51 Å². The van der Waals surface area contributed by atoms with E-state index in [0.29, 0.717) is 0 Å². The third-order valence-corrected chi connectivity index (χ3v) is 1.06. The van der Waals surface area contributed by atoms with Gasteiger partial charge in [0, 0.05) is 16.9 Å². The maximum Gasteiger partial charge on any atom is 0.0445 e. The summed E-state index contributed by atoms with van der Waals surface area (Å²) in [6.45, 7) is 0. The summed E-state index contributed by atoms with van der Waals surface area (Å²) >= 11 is 4.75. The van der Waals surface area contributed by atoms with E-state index in [2.05, 4.69) is 0 Å². The number of aromatic nitrogens is 1. The molecule has 0 fully saturated rings. The van der Waals surface area contributed by atoms with Gasteiger partial charge in [-0.3, -0.25) is 0 Å². The molecule has 1 N–H and O–H groups in total. The second kappa shape index (κ2) is 1.96. The van der Waals surface area contributed by atoms with Crippen LogP contribution in [0.25, 0.3) is 0 Å². The van der Waals surface area contributed by atoms with Crippen molar-refractivity contribution >= 4 is 12.2 Å². The first-order valence-corrected chi connectivity index (χ1v) is 2.57. The molecule has 0 spiro atoms. The van der Waals surface area contributed by atoms with Crippen LogP contribution in [0.4, 0.5) is 0 Å². The lowest BCUT2D eigenvalue weighted by atomic mass is 10.5. The summed E-state index contributed by atoms with van der Waals surface area (Å²) in [7, 11) is 0. The summed E-state index contributed by atoms with van der Waals surface area (Å²) in [5.41, 5.74) is 0. The molecule has 3 heteroatoms. The maximum atomic E-state index is 8.63. The van der Waals surface area contributed by atoms with Crippen LogP contribution in [0.5, 0.6) is 0 Å². The Morgan fingerprint density at radius 2 is 1.88 bits per heavy atom. The van der Waals surface area contributed by atoms with Gasteiger partial charge in [-0.2, -0.15) is 0 Å². The Balaban J connectivity index is 3.22. The summed E-state index contributed by atoms with van der Waals surface area (Å²) in [6.07, 6.45) is 2.98. The predicted molar refractivity (Wildman–Crippen MR) is 32.5 cm³/mol. The van der Waals surface area contributed by atoms with Crippen LogP contribution in [0.15, 0.2) is 24.5 Å². The van der Waals surface area contributed by atoms with Gasteiger partial charge in [0.1, 0.15) is 0 Å². The molecule has 0 aromatic carbocycles. The Morgan fingerprint density at radius 3 is 2.25 bits per heavy atom. The van der Waals surface area contributed by atoms with E-state index in [0.717, 1.165) is 9.24 Å². The SMILES string of the molecule is On1ccc(=S)cc1. The van der Waals surface area contributed by atoms with Crippen LogP contribution in [0.2, 0.25) is 0 Å². The van der Waals surface area contributed by atoms with E-state index < -0.39 is 0 Å². The minimum Gasteiger partial charge on any atom is -0.429 e. The van der Waals surface area contributed by atoms with Crippen molar-refractivity contribution in [3.63, 3.8) is 0 Å². The Morgan fingerprint density at radius 1 is 1.38 bits per heavy atom. The monoisotopic (exact) mass is 127 g/mol. The smallest absolute Gasteiger partial charge is 0.0445 e. The van der Waals surface area contributed by atoms with Gasteiger partial charge in [0.2, 0.25) is 0 Å². The van der Waals surface area contributed by atoms with Gasteiger partial charge in [0.15, 0.2) is 0 Å². The highest BCUT2D eigenvalue weighted by atomic mass is 32.1. The minimum atomic E-state index is 0.732. The van der Waals surface area contributed by atoms with E-state index >= 15 is 0 Å². The highest BCUT2D eigenvalue weighted by molar-refractivity contribution is 7.71. The molecule has 0 unspecified atom stereocenters. The van der Waals surface area contributed by atoms with Crippen LogP contribution in [-0.2, 0) is 0 Å². The van der Waals surface area contributed by atoms with Gasteiger partial charge in [-0.25, -0.2) is 4.73 Å². The average molecular weight is 127 g/mol. The van der Waals surface area contributed by atoms with E-state index in [-0.39, 0.29) is 0 Å². The van der Waals surface area contributed by atoms with E-state index in [1.165, 1.54) is 12.4 Å². The lowest BCUT2D eigenvalue weighted by Gasteiger charge is -1.89. The molecule has 0 saturated carbocycles. The number of pyridine rings is 1. The van der Waals surface area contributed by atoms with Crippen molar-refractivity contribution < 1.29 is 5.21 Å². The van der Waals surface area contributed by atoms with Crippen molar-refractivity contribution in [3.05, 3.63) is 29.0 Å². The molecule has 0 amide bonds. The van der Waals surface area contributed by atoms with Crippen LogP contribution in [0.3, 0.4) is 0 Å². The quantitative estimate of drug-likeness (QED) is 0.421. The van der Waals surface area contributed by atoms with Gasteiger partial charge < -0.3 is 5.21 Å². The third kappa shape index (κ3) is 1.07. The second-order valence-corrected chi connectivity index (χ2v) is 1.89. The standard InChI is InChI=1S/C5H5NOS/c7-6-3-1-5(8)2-4-6/h1-4,7H. The molecular formula is C5H5NOS. The molecule has 0 aliphatic heterocycles. The Kier molecular flexibility index (Phi) is 1.30. The highest BCUT2D eigenvalue weighted by Crippen LogP contribution is 1.86. The molecule has 2 nitrogen and oxygen atoms in total. The maximum absolute atomic E-state index is 8.63. The van der Waals surface area contributed by atoms with Crippen LogP contribution in [0.1, 0.15) is 0 Å². The third-order valence-electron chi connectivity index (χ3n) is 0.783. The second-order valence-electron chi connectivity index (χ2n) is 1.41. The van der Waals surface area contributed by atoms with Crippen molar-refractivity contribution in [2.45, 2.75) is 0 Å². The lowest BCUT2D eigenvalue weighted by molar-refractivity contribution is 0.184. The van der Waals surface area contributed by atoms with Crippen molar-refractivity contribution in [1.29, 1.82) is 0 Å². The summed E-state index contributed by atoms with van der Waals surface area (Å²) < 4.78 is 1.69.